The molecule has 126 valence electrons. The quantitative estimate of drug-likeness (QED) is 0.872. The number of benzene rings is 1. The van der Waals surface area contributed by atoms with Crippen molar-refractivity contribution < 1.29 is 13.7 Å². The SMILES string of the molecule is Cc1nc(C2(NC(=O)/C=C/c3ccccc3F)CCCCC2)no1. The minimum atomic E-state index is -0.604. The van der Waals surface area contributed by atoms with Gasteiger partial charge in [0.05, 0.1) is 0 Å². The fourth-order valence-electron chi connectivity index (χ4n) is 3.11. The molecule has 1 amide bonds. The first-order valence-corrected chi connectivity index (χ1v) is 8.15. The third-order valence-corrected chi connectivity index (χ3v) is 4.34. The average Bonchev–Trinajstić information content (AvgIpc) is 3.02. The maximum Gasteiger partial charge on any atom is 0.244 e. The third kappa shape index (κ3) is 3.53. The molecule has 1 fully saturated rings. The number of nitrogens with zero attached hydrogens (tertiary/aromatic N) is 2. The second-order valence-corrected chi connectivity index (χ2v) is 6.12. The Balaban J connectivity index is 1.78. The molecule has 3 rings (SSSR count). The van der Waals surface area contributed by atoms with E-state index in [1.807, 2.05) is 0 Å². The number of rotatable bonds is 4. The van der Waals surface area contributed by atoms with Gasteiger partial charge in [-0.25, -0.2) is 4.39 Å². The van der Waals surface area contributed by atoms with Gasteiger partial charge in [-0.2, -0.15) is 4.98 Å². The monoisotopic (exact) mass is 329 g/mol. The summed E-state index contributed by atoms with van der Waals surface area (Å²) >= 11 is 0. The predicted octanol–water partition coefficient (Wildman–Crippen LogP) is 3.51. The Morgan fingerprint density at radius 1 is 1.29 bits per heavy atom. The normalized spacial score (nSPS) is 17.1. The van der Waals surface area contributed by atoms with Crippen LogP contribution < -0.4 is 5.32 Å². The number of carbonyl (C=O) groups is 1. The van der Waals surface area contributed by atoms with Crippen LogP contribution in [0.3, 0.4) is 0 Å². The second-order valence-electron chi connectivity index (χ2n) is 6.12. The maximum absolute atomic E-state index is 13.6. The fourth-order valence-corrected chi connectivity index (χ4v) is 3.11. The van der Waals surface area contributed by atoms with E-state index in [1.165, 1.54) is 18.2 Å². The molecule has 1 N–H and O–H groups in total. The standard InChI is InChI=1S/C18H20FN3O2/c1-13-20-17(22-24-13)18(11-5-2-6-12-18)21-16(23)10-9-14-7-3-4-8-15(14)19/h3-4,7-10H,2,5-6,11-12H2,1H3,(H,21,23)/b10-9+. The molecule has 1 aromatic heterocycles. The summed E-state index contributed by atoms with van der Waals surface area (Å²) in [6.45, 7) is 1.73. The molecular formula is C18H20FN3O2. The van der Waals surface area contributed by atoms with Crippen molar-refractivity contribution in [3.8, 4) is 0 Å². The smallest absolute Gasteiger partial charge is 0.244 e. The van der Waals surface area contributed by atoms with E-state index in [0.717, 1.165) is 32.1 Å². The van der Waals surface area contributed by atoms with E-state index in [-0.39, 0.29) is 11.7 Å². The molecular weight excluding hydrogens is 309 g/mol. The second kappa shape index (κ2) is 6.95. The molecule has 1 aliphatic carbocycles. The van der Waals surface area contributed by atoms with Crippen molar-refractivity contribution in [2.45, 2.75) is 44.6 Å². The number of amides is 1. The van der Waals surface area contributed by atoms with Gasteiger partial charge in [0.15, 0.2) is 5.82 Å². The summed E-state index contributed by atoms with van der Waals surface area (Å²) < 4.78 is 18.7. The molecule has 0 saturated heterocycles. The minimum Gasteiger partial charge on any atom is -0.340 e. The lowest BCUT2D eigenvalue weighted by molar-refractivity contribution is -0.119. The summed E-state index contributed by atoms with van der Waals surface area (Å²) in [5, 5.41) is 7.03. The molecule has 0 bridgehead atoms. The number of hydrogen-bond acceptors (Lipinski definition) is 4. The van der Waals surface area contributed by atoms with E-state index in [0.29, 0.717) is 17.3 Å². The van der Waals surface area contributed by atoms with Crippen molar-refractivity contribution in [1.82, 2.24) is 15.5 Å². The molecule has 0 radical (unpaired) electrons. The van der Waals surface area contributed by atoms with Crippen LogP contribution in [0.5, 0.6) is 0 Å². The summed E-state index contributed by atoms with van der Waals surface area (Å²) in [4.78, 5) is 16.7. The van der Waals surface area contributed by atoms with Crippen LogP contribution in [-0.2, 0) is 10.3 Å². The largest absolute Gasteiger partial charge is 0.340 e. The van der Waals surface area contributed by atoms with Crippen LogP contribution in [0.1, 0.15) is 49.4 Å². The minimum absolute atomic E-state index is 0.289. The molecule has 0 unspecified atom stereocenters. The van der Waals surface area contributed by atoms with E-state index >= 15 is 0 Å². The summed E-state index contributed by atoms with van der Waals surface area (Å²) in [6.07, 6.45) is 7.47. The van der Waals surface area contributed by atoms with Crippen molar-refractivity contribution >= 4 is 12.0 Å². The molecule has 6 heteroatoms. The summed E-state index contributed by atoms with van der Waals surface area (Å²) in [6, 6.07) is 6.33. The van der Waals surface area contributed by atoms with Gasteiger partial charge in [-0.05, 0) is 25.0 Å². The lowest BCUT2D eigenvalue weighted by atomic mass is 9.81. The molecule has 1 aliphatic rings. The molecule has 1 aromatic carbocycles. The van der Waals surface area contributed by atoms with Crippen LogP contribution in [0.2, 0.25) is 0 Å². The van der Waals surface area contributed by atoms with Crippen LogP contribution in [0, 0.1) is 12.7 Å². The third-order valence-electron chi connectivity index (χ3n) is 4.34. The lowest BCUT2D eigenvalue weighted by Gasteiger charge is -2.34. The molecule has 1 saturated carbocycles. The first-order valence-electron chi connectivity index (χ1n) is 8.15. The number of halogens is 1. The van der Waals surface area contributed by atoms with E-state index in [1.54, 1.807) is 25.1 Å². The van der Waals surface area contributed by atoms with Crippen LogP contribution in [0.4, 0.5) is 4.39 Å². The molecule has 1 heterocycles. The number of aromatic nitrogens is 2. The number of aryl methyl sites for hydroxylation is 1. The maximum atomic E-state index is 13.6. The Kier molecular flexibility index (Phi) is 4.74. The van der Waals surface area contributed by atoms with Gasteiger partial charge in [0, 0.05) is 18.6 Å². The Labute approximate surface area is 140 Å². The highest BCUT2D eigenvalue weighted by molar-refractivity contribution is 5.92. The number of carbonyl (C=O) groups excluding carboxylic acids is 1. The number of nitrogens with one attached hydrogen (secondary N) is 1. The van der Waals surface area contributed by atoms with Crippen LogP contribution in [-0.4, -0.2) is 16.0 Å². The van der Waals surface area contributed by atoms with Gasteiger partial charge >= 0.3 is 0 Å². The molecule has 2 aromatic rings. The first-order chi connectivity index (χ1) is 11.6. The van der Waals surface area contributed by atoms with E-state index in [4.69, 9.17) is 4.52 Å². The average molecular weight is 329 g/mol. The fraction of sp³-hybridized carbons (Fsp3) is 0.389. The van der Waals surface area contributed by atoms with Gasteiger partial charge in [-0.1, -0.05) is 42.6 Å². The Morgan fingerprint density at radius 2 is 2.04 bits per heavy atom. The van der Waals surface area contributed by atoms with E-state index in [9.17, 15) is 9.18 Å². The van der Waals surface area contributed by atoms with Gasteiger partial charge in [0.25, 0.3) is 0 Å². The van der Waals surface area contributed by atoms with Crippen molar-refractivity contribution in [2.24, 2.45) is 0 Å². The van der Waals surface area contributed by atoms with Gasteiger partial charge in [0.1, 0.15) is 11.4 Å². The van der Waals surface area contributed by atoms with Gasteiger partial charge < -0.3 is 9.84 Å². The van der Waals surface area contributed by atoms with Crippen LogP contribution in [0.15, 0.2) is 34.9 Å². The first kappa shape index (κ1) is 16.4. The summed E-state index contributed by atoms with van der Waals surface area (Å²) in [5.41, 5.74) is -0.229. The van der Waals surface area contributed by atoms with Crippen molar-refractivity contribution in [3.63, 3.8) is 0 Å². The zero-order valence-corrected chi connectivity index (χ0v) is 13.6. The predicted molar refractivity (Wildman–Crippen MR) is 87.4 cm³/mol. The highest BCUT2D eigenvalue weighted by Gasteiger charge is 2.39. The number of hydrogen-bond donors (Lipinski definition) is 1. The van der Waals surface area contributed by atoms with Gasteiger partial charge in [0.2, 0.25) is 11.8 Å². The van der Waals surface area contributed by atoms with Crippen molar-refractivity contribution in [3.05, 3.63) is 53.4 Å². The zero-order chi connectivity index (χ0) is 17.0. The Morgan fingerprint density at radius 3 is 2.71 bits per heavy atom. The van der Waals surface area contributed by atoms with Crippen LogP contribution in [0.25, 0.3) is 6.08 Å². The summed E-state index contributed by atoms with van der Waals surface area (Å²) in [5.74, 6) is 0.351. The molecule has 0 aliphatic heterocycles. The Bertz CT molecular complexity index is 748. The molecule has 5 nitrogen and oxygen atoms in total. The van der Waals surface area contributed by atoms with Gasteiger partial charge in [-0.15, -0.1) is 0 Å². The molecule has 0 atom stereocenters. The van der Waals surface area contributed by atoms with E-state index < -0.39 is 5.54 Å². The van der Waals surface area contributed by atoms with Gasteiger partial charge in [-0.3, -0.25) is 4.79 Å². The summed E-state index contributed by atoms with van der Waals surface area (Å²) in [7, 11) is 0. The van der Waals surface area contributed by atoms with Crippen LogP contribution >= 0.6 is 0 Å². The topological polar surface area (TPSA) is 68.0 Å². The molecule has 24 heavy (non-hydrogen) atoms. The van der Waals surface area contributed by atoms with Crippen molar-refractivity contribution in [1.29, 1.82) is 0 Å². The lowest BCUT2D eigenvalue weighted by Crippen LogP contribution is -2.47. The highest BCUT2D eigenvalue weighted by Crippen LogP contribution is 2.35. The Hall–Kier alpha value is -2.50. The van der Waals surface area contributed by atoms with E-state index in [2.05, 4.69) is 15.5 Å². The van der Waals surface area contributed by atoms with Crippen molar-refractivity contribution in [2.75, 3.05) is 0 Å². The zero-order valence-electron chi connectivity index (χ0n) is 13.6. The molecule has 0 spiro atoms. The highest BCUT2D eigenvalue weighted by atomic mass is 19.1.